The predicted molar refractivity (Wildman–Crippen MR) is 54.4 cm³/mol. The van der Waals surface area contributed by atoms with E-state index in [4.69, 9.17) is 5.73 Å². The summed E-state index contributed by atoms with van der Waals surface area (Å²) in [7, 11) is 4.18. The molecule has 0 saturated heterocycles. The highest BCUT2D eigenvalue weighted by molar-refractivity contribution is 5.16. The molecular weight excluding hydrogens is 164 g/mol. The van der Waals surface area contributed by atoms with Gasteiger partial charge in [-0.3, -0.25) is 0 Å². The molecule has 0 saturated carbocycles. The number of anilines is 1. The van der Waals surface area contributed by atoms with Crippen molar-refractivity contribution in [2.75, 3.05) is 26.4 Å². The Morgan fingerprint density at radius 1 is 1.46 bits per heavy atom. The first-order valence-corrected chi connectivity index (χ1v) is 4.61. The third-order valence-corrected chi connectivity index (χ3v) is 2.00. The van der Waals surface area contributed by atoms with Gasteiger partial charge in [0.15, 0.2) is 5.95 Å². The van der Waals surface area contributed by atoms with E-state index in [1.165, 1.54) is 6.42 Å². The molecule has 0 bridgehead atoms. The minimum absolute atomic E-state index is 0.616. The molecule has 0 fully saturated rings. The molecule has 0 unspecified atom stereocenters. The van der Waals surface area contributed by atoms with Gasteiger partial charge in [0.05, 0.1) is 0 Å². The molecule has 1 heterocycles. The fourth-order valence-electron chi connectivity index (χ4n) is 1.24. The van der Waals surface area contributed by atoms with Gasteiger partial charge in [0, 0.05) is 18.9 Å². The summed E-state index contributed by atoms with van der Waals surface area (Å²) in [5.74, 6) is 0.616. The fourth-order valence-corrected chi connectivity index (χ4v) is 1.24. The van der Waals surface area contributed by atoms with Crippen LogP contribution in [0.25, 0.3) is 0 Å². The van der Waals surface area contributed by atoms with Gasteiger partial charge in [-0.2, -0.15) is 0 Å². The number of hydrogen-bond donors (Lipinski definition) is 1. The monoisotopic (exact) mass is 182 g/mol. The first kappa shape index (κ1) is 10.1. The normalized spacial score (nSPS) is 11.0. The molecule has 4 heteroatoms. The molecule has 0 aliphatic heterocycles. The van der Waals surface area contributed by atoms with Crippen LogP contribution >= 0.6 is 0 Å². The molecule has 0 amide bonds. The fraction of sp³-hybridized carbons (Fsp3) is 0.667. The second kappa shape index (κ2) is 4.87. The Bertz CT molecular complexity index is 242. The van der Waals surface area contributed by atoms with Gasteiger partial charge in [0.25, 0.3) is 0 Å². The number of aromatic nitrogens is 2. The first-order valence-electron chi connectivity index (χ1n) is 4.61. The third kappa shape index (κ3) is 3.46. The lowest BCUT2D eigenvalue weighted by Crippen LogP contribution is -2.13. The summed E-state index contributed by atoms with van der Waals surface area (Å²) in [5, 5.41) is 0. The number of hydrogen-bond acceptors (Lipinski definition) is 3. The lowest BCUT2D eigenvalue weighted by Gasteiger charge is -2.09. The smallest absolute Gasteiger partial charge is 0.200 e. The number of nitrogen functional groups attached to an aromatic ring is 1. The van der Waals surface area contributed by atoms with Gasteiger partial charge in [-0.25, -0.2) is 4.98 Å². The van der Waals surface area contributed by atoms with E-state index in [0.29, 0.717) is 5.95 Å². The van der Waals surface area contributed by atoms with E-state index in [0.717, 1.165) is 19.5 Å². The van der Waals surface area contributed by atoms with Crippen molar-refractivity contribution in [3.63, 3.8) is 0 Å². The molecule has 1 aromatic rings. The van der Waals surface area contributed by atoms with Crippen LogP contribution < -0.4 is 5.73 Å². The maximum atomic E-state index is 5.62. The van der Waals surface area contributed by atoms with Crippen LogP contribution in [-0.4, -0.2) is 35.1 Å². The average Bonchev–Trinajstić information content (AvgIpc) is 2.45. The lowest BCUT2D eigenvalue weighted by molar-refractivity contribution is 0.388. The maximum absolute atomic E-state index is 5.62. The first-order chi connectivity index (χ1) is 6.20. The topological polar surface area (TPSA) is 47.1 Å². The van der Waals surface area contributed by atoms with Crippen LogP contribution in [-0.2, 0) is 6.54 Å². The highest BCUT2D eigenvalue weighted by Crippen LogP contribution is 2.01. The third-order valence-electron chi connectivity index (χ3n) is 2.00. The van der Waals surface area contributed by atoms with Gasteiger partial charge in [-0.15, -0.1) is 0 Å². The number of imidazole rings is 1. The van der Waals surface area contributed by atoms with Gasteiger partial charge in [0.2, 0.25) is 0 Å². The largest absolute Gasteiger partial charge is 0.369 e. The highest BCUT2D eigenvalue weighted by atomic mass is 15.1. The van der Waals surface area contributed by atoms with Crippen LogP contribution in [0.5, 0.6) is 0 Å². The summed E-state index contributed by atoms with van der Waals surface area (Å²) in [6.45, 7) is 2.11. The number of unbranched alkanes of at least 4 members (excludes halogenated alkanes) is 1. The van der Waals surface area contributed by atoms with Gasteiger partial charge in [-0.05, 0) is 33.5 Å². The van der Waals surface area contributed by atoms with E-state index in [-0.39, 0.29) is 0 Å². The zero-order chi connectivity index (χ0) is 9.68. The van der Waals surface area contributed by atoms with E-state index in [1.807, 2.05) is 10.8 Å². The molecule has 1 aromatic heterocycles. The zero-order valence-electron chi connectivity index (χ0n) is 8.40. The second-order valence-corrected chi connectivity index (χ2v) is 3.49. The van der Waals surface area contributed by atoms with Crippen LogP contribution in [0.15, 0.2) is 12.4 Å². The Balaban J connectivity index is 2.17. The Hall–Kier alpha value is -1.03. The second-order valence-electron chi connectivity index (χ2n) is 3.49. The molecule has 13 heavy (non-hydrogen) atoms. The average molecular weight is 182 g/mol. The summed E-state index contributed by atoms with van der Waals surface area (Å²) >= 11 is 0. The Labute approximate surface area is 79.4 Å². The Morgan fingerprint density at radius 2 is 2.23 bits per heavy atom. The van der Waals surface area contributed by atoms with Crippen molar-refractivity contribution in [3.8, 4) is 0 Å². The number of nitrogens with two attached hydrogens (primary N) is 1. The van der Waals surface area contributed by atoms with Crippen LogP contribution in [0.4, 0.5) is 5.95 Å². The van der Waals surface area contributed by atoms with Gasteiger partial charge < -0.3 is 15.2 Å². The van der Waals surface area contributed by atoms with Crippen molar-refractivity contribution in [3.05, 3.63) is 12.4 Å². The molecule has 0 atom stereocenters. The molecule has 0 aliphatic carbocycles. The number of rotatable bonds is 5. The summed E-state index contributed by atoms with van der Waals surface area (Å²) in [4.78, 5) is 6.15. The number of aryl methyl sites for hydroxylation is 1. The predicted octanol–water partition coefficient (Wildman–Crippen LogP) is 0.807. The quantitative estimate of drug-likeness (QED) is 0.685. The van der Waals surface area contributed by atoms with Crippen molar-refractivity contribution < 1.29 is 0 Å². The van der Waals surface area contributed by atoms with Crippen molar-refractivity contribution >= 4 is 5.95 Å². The summed E-state index contributed by atoms with van der Waals surface area (Å²) in [6, 6.07) is 0. The maximum Gasteiger partial charge on any atom is 0.200 e. The SMILES string of the molecule is CN(C)CCCCn1ccnc1N. The minimum atomic E-state index is 0.616. The van der Waals surface area contributed by atoms with Crippen molar-refractivity contribution in [2.24, 2.45) is 0 Å². The van der Waals surface area contributed by atoms with Crippen molar-refractivity contribution in [1.29, 1.82) is 0 Å². The van der Waals surface area contributed by atoms with Crippen LogP contribution in [0.1, 0.15) is 12.8 Å². The Kier molecular flexibility index (Phi) is 3.76. The van der Waals surface area contributed by atoms with E-state index in [1.54, 1.807) is 6.20 Å². The van der Waals surface area contributed by atoms with E-state index < -0.39 is 0 Å². The molecular formula is C9H18N4. The summed E-state index contributed by atoms with van der Waals surface area (Å²) < 4.78 is 1.98. The van der Waals surface area contributed by atoms with E-state index in [9.17, 15) is 0 Å². The van der Waals surface area contributed by atoms with Crippen molar-refractivity contribution in [1.82, 2.24) is 14.5 Å². The highest BCUT2D eigenvalue weighted by Gasteiger charge is 1.96. The zero-order valence-corrected chi connectivity index (χ0v) is 8.40. The molecule has 74 valence electrons. The molecule has 0 aliphatic rings. The van der Waals surface area contributed by atoms with Gasteiger partial charge in [-0.1, -0.05) is 0 Å². The Morgan fingerprint density at radius 3 is 2.77 bits per heavy atom. The van der Waals surface area contributed by atoms with E-state index in [2.05, 4.69) is 24.0 Å². The van der Waals surface area contributed by atoms with E-state index >= 15 is 0 Å². The van der Waals surface area contributed by atoms with Gasteiger partial charge >= 0.3 is 0 Å². The minimum Gasteiger partial charge on any atom is -0.369 e. The lowest BCUT2D eigenvalue weighted by atomic mass is 10.3. The van der Waals surface area contributed by atoms with Crippen LogP contribution in [0, 0.1) is 0 Å². The van der Waals surface area contributed by atoms with Crippen molar-refractivity contribution in [2.45, 2.75) is 19.4 Å². The molecule has 2 N–H and O–H groups in total. The van der Waals surface area contributed by atoms with Crippen LogP contribution in [0.2, 0.25) is 0 Å². The molecule has 1 rings (SSSR count). The molecule has 0 radical (unpaired) electrons. The number of nitrogens with zero attached hydrogens (tertiary/aromatic N) is 3. The standard InChI is InChI=1S/C9H18N4/c1-12(2)6-3-4-7-13-8-5-11-9(13)10/h5,8H,3-4,6-7H2,1-2H3,(H2,10,11). The molecule has 0 spiro atoms. The molecule has 0 aromatic carbocycles. The summed E-state index contributed by atoms with van der Waals surface area (Å²) in [5.41, 5.74) is 5.62. The summed E-state index contributed by atoms with van der Waals surface area (Å²) in [6.07, 6.45) is 6.01. The molecule has 4 nitrogen and oxygen atoms in total. The van der Waals surface area contributed by atoms with Gasteiger partial charge in [0.1, 0.15) is 0 Å². The van der Waals surface area contributed by atoms with Crippen LogP contribution in [0.3, 0.4) is 0 Å².